The molecule has 1 unspecified atom stereocenters. The topological polar surface area (TPSA) is 56.0 Å². The predicted octanol–water partition coefficient (Wildman–Crippen LogP) is 4.02. The Morgan fingerprint density at radius 1 is 1.09 bits per heavy atom. The molecule has 4 rings (SSSR count). The lowest BCUT2D eigenvalue weighted by Gasteiger charge is -2.33. The van der Waals surface area contributed by atoms with Crippen LogP contribution < -0.4 is 0 Å². The van der Waals surface area contributed by atoms with E-state index < -0.39 is 46.8 Å². The first kappa shape index (κ1) is 21.9. The van der Waals surface area contributed by atoms with Crippen molar-refractivity contribution in [2.75, 3.05) is 6.54 Å². The first-order valence-electron chi connectivity index (χ1n) is 9.52. The predicted molar refractivity (Wildman–Crippen MR) is 99.9 cm³/mol. The van der Waals surface area contributed by atoms with Gasteiger partial charge in [0.05, 0.1) is 29.2 Å². The molecule has 12 heteroatoms. The number of aryl methyl sites for hydroxylation is 2. The smallest absolute Gasteiger partial charge is 0.330 e. The molecule has 0 spiro atoms. The van der Waals surface area contributed by atoms with E-state index >= 15 is 0 Å². The van der Waals surface area contributed by atoms with Crippen LogP contribution in [0.15, 0.2) is 18.3 Å². The van der Waals surface area contributed by atoms with Gasteiger partial charge in [-0.2, -0.15) is 23.4 Å². The van der Waals surface area contributed by atoms with Gasteiger partial charge in [0.15, 0.2) is 23.1 Å². The van der Waals surface area contributed by atoms with Gasteiger partial charge in [-0.05, 0) is 25.5 Å². The third-order valence-electron chi connectivity index (χ3n) is 5.60. The molecule has 32 heavy (non-hydrogen) atoms. The molecular weight excluding hydrogens is 440 g/mol. The molecule has 0 aliphatic carbocycles. The fourth-order valence-corrected chi connectivity index (χ4v) is 4.16. The summed E-state index contributed by atoms with van der Waals surface area (Å²) >= 11 is 0. The number of amides is 1. The number of hydrogen-bond acceptors (Lipinski definition) is 3. The summed E-state index contributed by atoms with van der Waals surface area (Å²) in [5.74, 6) is -5.15. The van der Waals surface area contributed by atoms with E-state index in [1.807, 2.05) is 0 Å². The summed E-state index contributed by atoms with van der Waals surface area (Å²) in [5, 5.41) is 7.91. The quantitative estimate of drug-likeness (QED) is 0.432. The van der Waals surface area contributed by atoms with Gasteiger partial charge in [-0.1, -0.05) is 0 Å². The van der Waals surface area contributed by atoms with Crippen LogP contribution in [0.2, 0.25) is 0 Å². The fourth-order valence-electron chi connectivity index (χ4n) is 4.16. The normalized spacial score (nSPS) is 16.4. The van der Waals surface area contributed by atoms with Crippen LogP contribution in [0.4, 0.5) is 26.3 Å². The van der Waals surface area contributed by atoms with Gasteiger partial charge in [0.2, 0.25) is 0 Å². The minimum Gasteiger partial charge on any atom is -0.330 e. The summed E-state index contributed by atoms with van der Waals surface area (Å²) in [6.07, 6.45) is -3.71. The minimum absolute atomic E-state index is 0.0457. The van der Waals surface area contributed by atoms with Gasteiger partial charge >= 0.3 is 6.18 Å². The van der Waals surface area contributed by atoms with Crippen LogP contribution in [0, 0.1) is 17.5 Å². The van der Waals surface area contributed by atoms with Crippen LogP contribution in [-0.2, 0) is 26.7 Å². The maximum atomic E-state index is 13.8. The first-order chi connectivity index (χ1) is 14.9. The summed E-state index contributed by atoms with van der Waals surface area (Å²) in [6.45, 7) is 1.65. The Kier molecular flexibility index (Phi) is 5.05. The van der Waals surface area contributed by atoms with Crippen molar-refractivity contribution in [3.63, 3.8) is 0 Å². The Morgan fingerprint density at radius 3 is 2.31 bits per heavy atom. The molecule has 2 aromatic heterocycles. The molecule has 3 heterocycles. The van der Waals surface area contributed by atoms with Crippen LogP contribution in [-0.4, -0.2) is 36.9 Å². The fraction of sp³-hybridized carbons (Fsp3) is 0.350. The molecular formula is C20H17F6N5O. The maximum Gasteiger partial charge on any atom is 0.433 e. The van der Waals surface area contributed by atoms with Gasteiger partial charge in [0, 0.05) is 31.8 Å². The summed E-state index contributed by atoms with van der Waals surface area (Å²) in [7, 11) is 2.62. The van der Waals surface area contributed by atoms with Crippen molar-refractivity contribution in [1.29, 1.82) is 0 Å². The van der Waals surface area contributed by atoms with Crippen LogP contribution in [0.1, 0.15) is 40.3 Å². The second kappa shape index (κ2) is 7.38. The summed E-state index contributed by atoms with van der Waals surface area (Å²) in [5.41, 5.74) is -0.361. The van der Waals surface area contributed by atoms with Crippen molar-refractivity contribution >= 4 is 5.91 Å². The van der Waals surface area contributed by atoms with E-state index in [1.54, 1.807) is 6.92 Å². The van der Waals surface area contributed by atoms with Crippen molar-refractivity contribution in [3.8, 4) is 11.3 Å². The highest BCUT2D eigenvalue weighted by Gasteiger charge is 2.42. The van der Waals surface area contributed by atoms with Crippen molar-refractivity contribution in [1.82, 2.24) is 24.5 Å². The molecule has 1 amide bonds. The number of halogens is 6. The summed E-state index contributed by atoms with van der Waals surface area (Å²) in [4.78, 5) is 14.2. The lowest BCUT2D eigenvalue weighted by molar-refractivity contribution is -0.144. The van der Waals surface area contributed by atoms with Crippen LogP contribution in [0.3, 0.4) is 0 Å². The Labute approximate surface area is 178 Å². The number of rotatable bonds is 2. The number of carbonyl (C=O) groups is 1. The average molecular weight is 457 g/mol. The second-order valence-electron chi connectivity index (χ2n) is 7.54. The zero-order chi connectivity index (χ0) is 23.5. The van der Waals surface area contributed by atoms with Crippen molar-refractivity contribution in [2.45, 2.75) is 25.6 Å². The molecule has 6 nitrogen and oxygen atoms in total. The van der Waals surface area contributed by atoms with E-state index in [4.69, 9.17) is 0 Å². The van der Waals surface area contributed by atoms with Gasteiger partial charge < -0.3 is 4.90 Å². The van der Waals surface area contributed by atoms with Gasteiger partial charge in [-0.25, -0.2) is 13.2 Å². The van der Waals surface area contributed by atoms with E-state index in [0.29, 0.717) is 21.6 Å². The molecule has 0 saturated heterocycles. The number of alkyl halides is 3. The SMILES string of the molecule is CC1c2nn(C)c(-c3cc(F)c(F)c(F)c3)c2CCN1C(=O)c1cnn(C)c1C(F)(F)F. The molecule has 0 fully saturated rings. The number of aromatic nitrogens is 4. The second-order valence-corrected chi connectivity index (χ2v) is 7.54. The molecule has 3 aromatic rings. The maximum absolute atomic E-state index is 13.8. The Balaban J connectivity index is 1.73. The van der Waals surface area contributed by atoms with Crippen molar-refractivity contribution in [3.05, 3.63) is 58.3 Å². The van der Waals surface area contributed by atoms with E-state index in [0.717, 1.165) is 25.4 Å². The van der Waals surface area contributed by atoms with Crippen molar-refractivity contribution in [2.24, 2.45) is 14.1 Å². The van der Waals surface area contributed by atoms with Gasteiger partial charge in [-0.3, -0.25) is 14.2 Å². The van der Waals surface area contributed by atoms with E-state index in [-0.39, 0.29) is 18.5 Å². The van der Waals surface area contributed by atoms with Crippen LogP contribution in [0.25, 0.3) is 11.3 Å². The number of hydrogen-bond donors (Lipinski definition) is 0. The zero-order valence-electron chi connectivity index (χ0n) is 17.1. The van der Waals surface area contributed by atoms with E-state index in [2.05, 4.69) is 10.2 Å². The highest BCUT2D eigenvalue weighted by atomic mass is 19.4. The van der Waals surface area contributed by atoms with E-state index in [1.165, 1.54) is 16.6 Å². The lowest BCUT2D eigenvalue weighted by Crippen LogP contribution is -2.39. The lowest BCUT2D eigenvalue weighted by atomic mass is 9.95. The highest BCUT2D eigenvalue weighted by molar-refractivity contribution is 5.95. The zero-order valence-corrected chi connectivity index (χ0v) is 17.1. The number of fused-ring (bicyclic) bond motifs is 1. The van der Waals surface area contributed by atoms with Crippen LogP contribution in [0.5, 0.6) is 0 Å². The van der Waals surface area contributed by atoms with Gasteiger partial charge in [0.1, 0.15) is 0 Å². The minimum atomic E-state index is -4.77. The molecule has 1 atom stereocenters. The molecule has 170 valence electrons. The third kappa shape index (κ3) is 3.33. The molecule has 1 aliphatic heterocycles. The van der Waals surface area contributed by atoms with Gasteiger partial charge in [-0.15, -0.1) is 0 Å². The highest BCUT2D eigenvalue weighted by Crippen LogP contribution is 2.38. The standard InChI is InChI=1S/C20H17F6N5O/c1-9-16-11(17(29(2)28-16)10-6-13(21)15(23)14(22)7-10)4-5-31(9)19(32)12-8-27-30(3)18(12)20(24,25)26/h6-9H,4-5H2,1-3H3. The number of nitrogens with zero attached hydrogens (tertiary/aromatic N) is 5. The van der Waals surface area contributed by atoms with Gasteiger partial charge in [0.25, 0.3) is 5.91 Å². The molecule has 1 aromatic carbocycles. The number of carbonyl (C=O) groups excluding carboxylic acids is 1. The van der Waals surface area contributed by atoms with Crippen molar-refractivity contribution < 1.29 is 31.1 Å². The third-order valence-corrected chi connectivity index (χ3v) is 5.60. The molecule has 1 aliphatic rings. The molecule has 0 bridgehead atoms. The van der Waals surface area contributed by atoms with E-state index in [9.17, 15) is 31.1 Å². The first-order valence-corrected chi connectivity index (χ1v) is 9.52. The molecule has 0 saturated carbocycles. The Morgan fingerprint density at radius 2 is 1.72 bits per heavy atom. The number of benzene rings is 1. The van der Waals surface area contributed by atoms with Crippen LogP contribution >= 0.6 is 0 Å². The Bertz CT molecular complexity index is 1210. The summed E-state index contributed by atoms with van der Waals surface area (Å²) < 4.78 is 83.1. The molecule has 0 radical (unpaired) electrons. The summed E-state index contributed by atoms with van der Waals surface area (Å²) in [6, 6.07) is 0.981. The Hall–Kier alpha value is -3.31. The largest absolute Gasteiger partial charge is 0.433 e. The average Bonchev–Trinajstić information content (AvgIpc) is 3.25. The monoisotopic (exact) mass is 457 g/mol. The molecule has 0 N–H and O–H groups in total.